The van der Waals surface area contributed by atoms with E-state index >= 15 is 0 Å². The Morgan fingerprint density at radius 3 is 2.57 bits per heavy atom. The fraction of sp³-hybridized carbons (Fsp3) is 0.625. The average molecular weight is 208 g/mol. The predicted octanol–water partition coefficient (Wildman–Crippen LogP) is 1.86. The van der Waals surface area contributed by atoms with Gasteiger partial charge in [-0.3, -0.25) is 4.68 Å². The van der Waals surface area contributed by atoms with Gasteiger partial charge in [0.05, 0.1) is 13.2 Å². The number of halogens is 3. The molecule has 0 saturated heterocycles. The highest BCUT2D eigenvalue weighted by molar-refractivity contribution is 5.17. The molecule has 0 radical (unpaired) electrons. The lowest BCUT2D eigenvalue weighted by Gasteiger charge is -2.02. The van der Waals surface area contributed by atoms with Crippen LogP contribution < -0.4 is 0 Å². The Labute approximate surface area is 79.5 Å². The maximum absolute atomic E-state index is 12.3. The Kier molecular flexibility index (Phi) is 3.15. The van der Waals surface area contributed by atoms with Crippen LogP contribution in [-0.2, 0) is 17.5 Å². The van der Waals surface area contributed by atoms with Gasteiger partial charge in [0.15, 0.2) is 5.69 Å². The van der Waals surface area contributed by atoms with E-state index in [9.17, 15) is 13.2 Å². The van der Waals surface area contributed by atoms with Gasteiger partial charge in [0.2, 0.25) is 0 Å². The molecule has 0 spiro atoms. The van der Waals surface area contributed by atoms with Gasteiger partial charge in [-0.25, -0.2) is 0 Å². The number of alkyl halides is 3. The first-order valence-corrected chi connectivity index (χ1v) is 4.05. The maximum atomic E-state index is 12.3. The van der Waals surface area contributed by atoms with Crippen molar-refractivity contribution in [1.82, 2.24) is 9.78 Å². The largest absolute Gasteiger partial charge is 0.435 e. The minimum Gasteiger partial charge on any atom is -0.383 e. The first-order chi connectivity index (χ1) is 6.45. The van der Waals surface area contributed by atoms with Crippen LogP contribution in [0.1, 0.15) is 11.3 Å². The van der Waals surface area contributed by atoms with Gasteiger partial charge < -0.3 is 4.74 Å². The molecule has 1 aromatic rings. The van der Waals surface area contributed by atoms with Crippen LogP contribution in [0.2, 0.25) is 0 Å². The molecule has 1 rings (SSSR count). The fourth-order valence-electron chi connectivity index (χ4n) is 1.10. The zero-order valence-corrected chi connectivity index (χ0v) is 7.93. The number of methoxy groups -OCH3 is 1. The summed E-state index contributed by atoms with van der Waals surface area (Å²) < 4.78 is 42.8. The van der Waals surface area contributed by atoms with E-state index in [1.807, 2.05) is 0 Å². The second kappa shape index (κ2) is 4.00. The lowest BCUT2D eigenvalue weighted by Crippen LogP contribution is -2.10. The number of nitrogens with zero attached hydrogens (tertiary/aromatic N) is 2. The van der Waals surface area contributed by atoms with Gasteiger partial charge >= 0.3 is 6.18 Å². The van der Waals surface area contributed by atoms with Gasteiger partial charge in [0, 0.05) is 13.3 Å². The summed E-state index contributed by atoms with van der Waals surface area (Å²) in [5, 5.41) is 3.43. The summed E-state index contributed by atoms with van der Waals surface area (Å²) in [6.45, 7) is 2.06. The minimum atomic E-state index is -4.37. The Balaban J connectivity index is 2.83. The molecule has 6 heteroatoms. The first-order valence-electron chi connectivity index (χ1n) is 4.05. The maximum Gasteiger partial charge on any atom is 0.435 e. The van der Waals surface area contributed by atoms with Crippen molar-refractivity contribution < 1.29 is 17.9 Å². The molecular formula is C8H11F3N2O. The molecule has 1 heterocycles. The quantitative estimate of drug-likeness (QED) is 0.758. The van der Waals surface area contributed by atoms with Crippen molar-refractivity contribution in [2.75, 3.05) is 13.7 Å². The summed E-state index contributed by atoms with van der Waals surface area (Å²) in [6.07, 6.45) is -3.01. The number of aryl methyl sites for hydroxylation is 1. The van der Waals surface area contributed by atoms with Gasteiger partial charge in [-0.1, -0.05) is 0 Å². The third-order valence-electron chi connectivity index (χ3n) is 1.74. The van der Waals surface area contributed by atoms with Crippen LogP contribution in [0.3, 0.4) is 0 Å². The SMILES string of the molecule is COCCn1cc(C)c(C(F)(F)F)n1. The standard InChI is InChI=1S/C8H11F3N2O/c1-6-5-13(3-4-14-2)12-7(6)8(9,10)11/h5H,3-4H2,1-2H3. The molecule has 0 amide bonds. The van der Waals surface area contributed by atoms with Crippen molar-refractivity contribution in [3.8, 4) is 0 Å². The highest BCUT2D eigenvalue weighted by atomic mass is 19.4. The topological polar surface area (TPSA) is 27.1 Å². The molecule has 0 fully saturated rings. The van der Waals surface area contributed by atoms with Crippen LogP contribution in [-0.4, -0.2) is 23.5 Å². The molecule has 1 aromatic heterocycles. The third-order valence-corrected chi connectivity index (χ3v) is 1.74. The molecular weight excluding hydrogens is 197 g/mol. The number of rotatable bonds is 3. The van der Waals surface area contributed by atoms with Gasteiger partial charge in [-0.15, -0.1) is 0 Å². The third kappa shape index (κ3) is 2.47. The van der Waals surface area contributed by atoms with Crippen LogP contribution in [0.15, 0.2) is 6.20 Å². The van der Waals surface area contributed by atoms with E-state index < -0.39 is 11.9 Å². The molecule has 0 aliphatic heterocycles. The molecule has 0 aliphatic rings. The summed E-state index contributed by atoms with van der Waals surface area (Å²) in [6, 6.07) is 0. The highest BCUT2D eigenvalue weighted by Crippen LogP contribution is 2.29. The van der Waals surface area contributed by atoms with Crippen LogP contribution in [0.25, 0.3) is 0 Å². The first kappa shape index (κ1) is 11.0. The monoisotopic (exact) mass is 208 g/mol. The fourth-order valence-corrected chi connectivity index (χ4v) is 1.10. The zero-order chi connectivity index (χ0) is 10.8. The van der Waals surface area contributed by atoms with E-state index in [4.69, 9.17) is 4.74 Å². The van der Waals surface area contributed by atoms with Crippen LogP contribution >= 0.6 is 0 Å². The second-order valence-corrected chi connectivity index (χ2v) is 2.91. The van der Waals surface area contributed by atoms with Crippen molar-refractivity contribution in [2.45, 2.75) is 19.6 Å². The summed E-state index contributed by atoms with van der Waals surface area (Å²) >= 11 is 0. The molecule has 0 saturated carbocycles. The molecule has 0 atom stereocenters. The Morgan fingerprint density at radius 1 is 1.50 bits per heavy atom. The van der Waals surface area contributed by atoms with Crippen LogP contribution in [0, 0.1) is 6.92 Å². The molecule has 0 unspecified atom stereocenters. The zero-order valence-electron chi connectivity index (χ0n) is 7.93. The van der Waals surface area contributed by atoms with Crippen LogP contribution in [0.4, 0.5) is 13.2 Å². The molecule has 14 heavy (non-hydrogen) atoms. The van der Waals surface area contributed by atoms with Crippen molar-refractivity contribution in [3.05, 3.63) is 17.5 Å². The highest BCUT2D eigenvalue weighted by Gasteiger charge is 2.35. The van der Waals surface area contributed by atoms with Crippen molar-refractivity contribution >= 4 is 0 Å². The van der Waals surface area contributed by atoms with Crippen LogP contribution in [0.5, 0.6) is 0 Å². The predicted molar refractivity (Wildman–Crippen MR) is 43.8 cm³/mol. The number of aromatic nitrogens is 2. The number of ether oxygens (including phenoxy) is 1. The van der Waals surface area contributed by atoms with Crippen molar-refractivity contribution in [1.29, 1.82) is 0 Å². The van der Waals surface area contributed by atoms with Crippen molar-refractivity contribution in [3.63, 3.8) is 0 Å². The Hall–Kier alpha value is -1.04. The van der Waals surface area contributed by atoms with E-state index in [0.29, 0.717) is 13.2 Å². The number of hydrogen-bond acceptors (Lipinski definition) is 2. The Morgan fingerprint density at radius 2 is 2.14 bits per heavy atom. The summed E-state index contributed by atoms with van der Waals surface area (Å²) in [7, 11) is 1.49. The molecule has 0 N–H and O–H groups in total. The van der Waals surface area contributed by atoms with E-state index in [2.05, 4.69) is 5.10 Å². The molecule has 3 nitrogen and oxygen atoms in total. The molecule has 80 valence electrons. The molecule has 0 aliphatic carbocycles. The van der Waals surface area contributed by atoms with E-state index in [1.54, 1.807) is 0 Å². The second-order valence-electron chi connectivity index (χ2n) is 2.91. The van der Waals surface area contributed by atoms with E-state index in [0.717, 1.165) is 0 Å². The van der Waals surface area contributed by atoms with E-state index in [1.165, 1.54) is 24.9 Å². The van der Waals surface area contributed by atoms with Gasteiger partial charge in [0.25, 0.3) is 0 Å². The lowest BCUT2D eigenvalue weighted by atomic mass is 10.3. The smallest absolute Gasteiger partial charge is 0.383 e. The lowest BCUT2D eigenvalue weighted by molar-refractivity contribution is -0.142. The summed E-state index contributed by atoms with van der Waals surface area (Å²) in [5.41, 5.74) is -0.692. The average Bonchev–Trinajstić information content (AvgIpc) is 2.42. The summed E-state index contributed by atoms with van der Waals surface area (Å²) in [4.78, 5) is 0. The molecule has 0 aromatic carbocycles. The van der Waals surface area contributed by atoms with Gasteiger partial charge in [-0.2, -0.15) is 18.3 Å². The summed E-state index contributed by atoms with van der Waals surface area (Å²) in [5.74, 6) is 0. The minimum absolute atomic E-state index is 0.133. The van der Waals surface area contributed by atoms with Gasteiger partial charge in [0.1, 0.15) is 0 Å². The van der Waals surface area contributed by atoms with Crippen molar-refractivity contribution in [2.24, 2.45) is 0 Å². The Bertz CT molecular complexity index is 306. The number of hydrogen-bond donors (Lipinski definition) is 0. The van der Waals surface area contributed by atoms with E-state index in [-0.39, 0.29) is 5.56 Å². The normalized spacial score (nSPS) is 12.1. The van der Waals surface area contributed by atoms with Gasteiger partial charge in [-0.05, 0) is 12.5 Å². The molecule has 0 bridgehead atoms.